The van der Waals surface area contributed by atoms with Gasteiger partial charge in [-0.25, -0.2) is 0 Å². The zero-order valence-electron chi connectivity index (χ0n) is 10.9. The van der Waals surface area contributed by atoms with Gasteiger partial charge in [0.2, 0.25) is 0 Å². The lowest BCUT2D eigenvalue weighted by Crippen LogP contribution is -2.27. The van der Waals surface area contributed by atoms with Gasteiger partial charge in [-0.15, -0.1) is 0 Å². The number of hydrogen-bond acceptors (Lipinski definition) is 2. The molecule has 4 nitrogen and oxygen atoms in total. The molecule has 0 amide bonds. The number of benzene rings is 1. The minimum Gasteiger partial charge on any atom is -0.363 e. The maximum atomic E-state index is 6.14. The average Bonchev–Trinajstić information content (AvgIpc) is 2.80. The molecular weight excluding hydrogens is 315 g/mol. The number of rotatable bonds is 4. The number of aromatic nitrogens is 2. The van der Waals surface area contributed by atoms with Crippen LogP contribution in [0.5, 0.6) is 0 Å². The highest BCUT2D eigenvalue weighted by Crippen LogP contribution is 2.21. The van der Waals surface area contributed by atoms with Crippen molar-refractivity contribution >= 4 is 46.2 Å². The van der Waals surface area contributed by atoms with E-state index in [2.05, 4.69) is 15.7 Å². The van der Waals surface area contributed by atoms with E-state index < -0.39 is 0 Å². The van der Waals surface area contributed by atoms with Gasteiger partial charge < -0.3 is 10.6 Å². The predicted molar refractivity (Wildman–Crippen MR) is 87.7 cm³/mol. The number of nitrogens with zero attached hydrogens (tertiary/aromatic N) is 2. The van der Waals surface area contributed by atoms with Crippen molar-refractivity contribution in [1.82, 2.24) is 15.1 Å². The van der Waals surface area contributed by atoms with Crippen LogP contribution in [0.3, 0.4) is 0 Å². The topological polar surface area (TPSA) is 41.9 Å². The number of hydrogen-bond donors (Lipinski definition) is 2. The van der Waals surface area contributed by atoms with Crippen molar-refractivity contribution in [3.05, 3.63) is 46.2 Å². The first-order valence-corrected chi connectivity index (χ1v) is 7.26. The number of anilines is 1. The summed E-state index contributed by atoms with van der Waals surface area (Å²) in [5, 5.41) is 12.2. The van der Waals surface area contributed by atoms with Gasteiger partial charge in [-0.05, 0) is 36.8 Å². The summed E-state index contributed by atoms with van der Waals surface area (Å²) in [6.07, 6.45) is 3.59. The minimum atomic E-state index is 0.575. The highest BCUT2D eigenvalue weighted by molar-refractivity contribution is 7.80. The van der Waals surface area contributed by atoms with Gasteiger partial charge in [-0.2, -0.15) is 5.10 Å². The first-order valence-electron chi connectivity index (χ1n) is 6.09. The van der Waals surface area contributed by atoms with E-state index in [-0.39, 0.29) is 0 Å². The maximum Gasteiger partial charge on any atom is 0.170 e. The Hall–Kier alpha value is -1.30. The van der Waals surface area contributed by atoms with Crippen LogP contribution in [0.25, 0.3) is 0 Å². The molecule has 0 saturated heterocycles. The van der Waals surface area contributed by atoms with Gasteiger partial charge in [0.05, 0.1) is 18.4 Å². The molecule has 0 bridgehead atoms. The minimum absolute atomic E-state index is 0.575. The van der Waals surface area contributed by atoms with E-state index >= 15 is 0 Å². The van der Waals surface area contributed by atoms with Gasteiger partial charge in [0.15, 0.2) is 5.11 Å². The van der Waals surface area contributed by atoms with Crippen molar-refractivity contribution in [3.63, 3.8) is 0 Å². The maximum absolute atomic E-state index is 6.14. The van der Waals surface area contributed by atoms with Gasteiger partial charge in [-0.1, -0.05) is 29.3 Å². The molecule has 0 radical (unpaired) electrons. The highest BCUT2D eigenvalue weighted by Gasteiger charge is 2.05. The highest BCUT2D eigenvalue weighted by atomic mass is 35.5. The van der Waals surface area contributed by atoms with Crippen LogP contribution in [-0.2, 0) is 6.54 Å². The van der Waals surface area contributed by atoms with Gasteiger partial charge in [0.1, 0.15) is 0 Å². The van der Waals surface area contributed by atoms with E-state index in [1.165, 1.54) is 0 Å². The van der Waals surface area contributed by atoms with Crippen molar-refractivity contribution in [2.75, 3.05) is 11.9 Å². The summed E-state index contributed by atoms with van der Waals surface area (Å²) in [6, 6.07) is 5.43. The lowest BCUT2D eigenvalue weighted by atomic mass is 10.2. The molecule has 0 spiro atoms. The first kappa shape index (κ1) is 15.1. The Morgan fingerprint density at radius 1 is 1.40 bits per heavy atom. The normalized spacial score (nSPS) is 10.3. The third kappa shape index (κ3) is 4.10. The standard InChI is InChI=1S/C13H14Cl2N4S/c1-2-16-13(20)18-11-6-17-19(8-11)7-9-3-4-10(14)5-12(9)15/h3-6,8H,2,7H2,1H3,(H2,16,18,20). The van der Waals surface area contributed by atoms with Crippen LogP contribution < -0.4 is 10.6 Å². The van der Waals surface area contributed by atoms with Crippen LogP contribution in [0.15, 0.2) is 30.6 Å². The van der Waals surface area contributed by atoms with Crippen LogP contribution >= 0.6 is 35.4 Å². The second-order valence-electron chi connectivity index (χ2n) is 4.15. The van der Waals surface area contributed by atoms with Gasteiger partial charge in [-0.3, -0.25) is 4.68 Å². The third-order valence-electron chi connectivity index (χ3n) is 2.58. The number of halogens is 2. The summed E-state index contributed by atoms with van der Waals surface area (Å²) in [7, 11) is 0. The summed E-state index contributed by atoms with van der Waals surface area (Å²) >= 11 is 17.1. The van der Waals surface area contributed by atoms with Crippen LogP contribution in [0.4, 0.5) is 5.69 Å². The van der Waals surface area contributed by atoms with E-state index in [4.69, 9.17) is 35.4 Å². The quantitative estimate of drug-likeness (QED) is 0.842. The first-order chi connectivity index (χ1) is 9.58. The molecular formula is C13H14Cl2N4S. The van der Waals surface area contributed by atoms with Crippen molar-refractivity contribution in [2.24, 2.45) is 0 Å². The molecule has 0 aliphatic carbocycles. The Labute approximate surface area is 133 Å². The molecule has 20 heavy (non-hydrogen) atoms. The second kappa shape index (κ2) is 6.92. The van der Waals surface area contributed by atoms with Gasteiger partial charge >= 0.3 is 0 Å². The Morgan fingerprint density at radius 3 is 2.90 bits per heavy atom. The summed E-state index contributed by atoms with van der Waals surface area (Å²) < 4.78 is 1.78. The molecule has 0 saturated carbocycles. The molecule has 1 heterocycles. The summed E-state index contributed by atoms with van der Waals surface area (Å²) in [5.41, 5.74) is 1.79. The molecule has 0 aliphatic rings. The molecule has 106 valence electrons. The van der Waals surface area contributed by atoms with Crippen LogP contribution in [0, 0.1) is 0 Å². The Kier molecular flexibility index (Phi) is 5.23. The molecule has 2 aromatic rings. The fourth-order valence-corrected chi connectivity index (χ4v) is 2.41. The zero-order valence-corrected chi connectivity index (χ0v) is 13.2. The molecule has 0 fully saturated rings. The Balaban J connectivity index is 2.04. The van der Waals surface area contributed by atoms with Gasteiger partial charge in [0, 0.05) is 22.8 Å². The lowest BCUT2D eigenvalue weighted by Gasteiger charge is -2.06. The fourth-order valence-electron chi connectivity index (χ4n) is 1.67. The van der Waals surface area contributed by atoms with Crippen LogP contribution in [0.1, 0.15) is 12.5 Å². The summed E-state index contributed by atoms with van der Waals surface area (Å²) in [5.74, 6) is 0. The van der Waals surface area contributed by atoms with E-state index in [9.17, 15) is 0 Å². The molecule has 0 atom stereocenters. The Morgan fingerprint density at radius 2 is 2.20 bits per heavy atom. The molecule has 1 aromatic carbocycles. The largest absolute Gasteiger partial charge is 0.363 e. The SMILES string of the molecule is CCNC(=S)Nc1cnn(Cc2ccc(Cl)cc2Cl)c1. The number of nitrogens with one attached hydrogen (secondary N) is 2. The Bertz CT molecular complexity index is 612. The van der Waals surface area contributed by atoms with Crippen molar-refractivity contribution in [2.45, 2.75) is 13.5 Å². The summed E-state index contributed by atoms with van der Waals surface area (Å²) in [6.45, 7) is 3.34. The molecule has 7 heteroatoms. The fraction of sp³-hybridized carbons (Fsp3) is 0.231. The summed E-state index contributed by atoms with van der Waals surface area (Å²) in [4.78, 5) is 0. The van der Waals surface area contributed by atoms with Crippen molar-refractivity contribution in [3.8, 4) is 0 Å². The van der Waals surface area contributed by atoms with E-state index in [1.54, 1.807) is 16.9 Å². The molecule has 0 aliphatic heterocycles. The van der Waals surface area contributed by atoms with Crippen LogP contribution in [0.2, 0.25) is 10.0 Å². The van der Waals surface area contributed by atoms with E-state index in [0.717, 1.165) is 17.8 Å². The van der Waals surface area contributed by atoms with Gasteiger partial charge in [0.25, 0.3) is 0 Å². The van der Waals surface area contributed by atoms with Crippen molar-refractivity contribution < 1.29 is 0 Å². The molecule has 2 rings (SSSR count). The third-order valence-corrected chi connectivity index (χ3v) is 3.41. The smallest absolute Gasteiger partial charge is 0.170 e. The molecule has 1 aromatic heterocycles. The van der Waals surface area contributed by atoms with Crippen LogP contribution in [-0.4, -0.2) is 21.4 Å². The average molecular weight is 329 g/mol. The van der Waals surface area contributed by atoms with E-state index in [1.807, 2.05) is 25.3 Å². The second-order valence-corrected chi connectivity index (χ2v) is 5.40. The molecule has 0 unspecified atom stereocenters. The van der Waals surface area contributed by atoms with E-state index in [0.29, 0.717) is 21.7 Å². The van der Waals surface area contributed by atoms with Crippen molar-refractivity contribution in [1.29, 1.82) is 0 Å². The monoisotopic (exact) mass is 328 g/mol. The lowest BCUT2D eigenvalue weighted by molar-refractivity contribution is 0.687. The predicted octanol–water partition coefficient (Wildman–Crippen LogP) is 3.54. The zero-order chi connectivity index (χ0) is 14.5. The number of thiocarbonyl (C=S) groups is 1. The molecule has 2 N–H and O–H groups in total.